The molecule has 2 rings (SSSR count). The molecule has 0 spiro atoms. The maximum Gasteiger partial charge on any atom is 0.416 e. The Morgan fingerprint density at radius 3 is 2.19 bits per heavy atom. The summed E-state index contributed by atoms with van der Waals surface area (Å²) in [4.78, 5) is 11.6. The maximum absolute atomic E-state index is 12.8. The van der Waals surface area contributed by atoms with Crippen LogP contribution in [0.15, 0.2) is 36.4 Å². The van der Waals surface area contributed by atoms with E-state index in [-0.39, 0.29) is 11.1 Å². The second-order valence-electron chi connectivity index (χ2n) is 4.48. The lowest BCUT2D eigenvalue weighted by atomic mass is 9.94. The highest BCUT2D eigenvalue weighted by Gasteiger charge is 2.33. The lowest BCUT2D eigenvalue weighted by molar-refractivity contribution is -0.137. The molecule has 2 nitrogen and oxygen atoms in total. The van der Waals surface area contributed by atoms with Crippen LogP contribution in [0.3, 0.4) is 0 Å². The highest BCUT2D eigenvalue weighted by atomic mass is 35.5. The number of Topliss-reactive ketones (excluding diaryl/α,β-unsaturated/α-hetero) is 1. The molecule has 110 valence electrons. The Balaban J connectivity index is 2.74. The lowest BCUT2D eigenvalue weighted by Crippen LogP contribution is -2.07. The molecular weight excluding hydrogens is 305 g/mol. The monoisotopic (exact) mass is 314 g/mol. The van der Waals surface area contributed by atoms with E-state index in [0.717, 1.165) is 6.07 Å². The van der Waals surface area contributed by atoms with Gasteiger partial charge in [-0.2, -0.15) is 13.2 Å². The van der Waals surface area contributed by atoms with E-state index in [1.807, 2.05) is 0 Å². The summed E-state index contributed by atoms with van der Waals surface area (Å²) in [6, 6.07) is 7.37. The standard InChI is InChI=1S/C15H10ClF3O2/c1-8(20)14-12(9-2-4-11(16)5-3-9)6-10(7-13(14)21)15(17,18)19/h2-7,21H,1H3. The Bertz CT molecular complexity index is 691. The summed E-state index contributed by atoms with van der Waals surface area (Å²) in [5.41, 5.74) is -0.780. The van der Waals surface area contributed by atoms with Gasteiger partial charge in [0.15, 0.2) is 5.78 Å². The largest absolute Gasteiger partial charge is 0.507 e. The van der Waals surface area contributed by atoms with E-state index in [4.69, 9.17) is 11.6 Å². The predicted octanol–water partition coefficient (Wildman–Crippen LogP) is 4.93. The van der Waals surface area contributed by atoms with E-state index < -0.39 is 23.3 Å². The van der Waals surface area contributed by atoms with Gasteiger partial charge in [0.05, 0.1) is 11.1 Å². The molecule has 0 aliphatic heterocycles. The van der Waals surface area contributed by atoms with E-state index in [0.29, 0.717) is 16.7 Å². The minimum Gasteiger partial charge on any atom is -0.507 e. The number of carbonyl (C=O) groups excluding carboxylic acids is 1. The Morgan fingerprint density at radius 1 is 1.14 bits per heavy atom. The number of hydrogen-bond donors (Lipinski definition) is 1. The van der Waals surface area contributed by atoms with Crippen LogP contribution < -0.4 is 0 Å². The van der Waals surface area contributed by atoms with Crippen molar-refractivity contribution in [3.63, 3.8) is 0 Å². The fourth-order valence-corrected chi connectivity index (χ4v) is 2.14. The smallest absolute Gasteiger partial charge is 0.416 e. The first-order valence-corrected chi connectivity index (χ1v) is 6.29. The molecule has 0 unspecified atom stereocenters. The predicted molar refractivity (Wildman–Crippen MR) is 73.6 cm³/mol. The number of carbonyl (C=O) groups is 1. The molecule has 0 radical (unpaired) electrons. The second kappa shape index (κ2) is 5.41. The van der Waals surface area contributed by atoms with Gasteiger partial charge in [-0.15, -0.1) is 0 Å². The normalized spacial score (nSPS) is 11.5. The minimum atomic E-state index is -4.62. The quantitative estimate of drug-likeness (QED) is 0.798. The zero-order chi connectivity index (χ0) is 15.8. The van der Waals surface area contributed by atoms with Crippen LogP contribution in [0.5, 0.6) is 5.75 Å². The van der Waals surface area contributed by atoms with Gasteiger partial charge in [-0.1, -0.05) is 23.7 Å². The molecule has 0 fully saturated rings. The summed E-state index contributed by atoms with van der Waals surface area (Å²) in [7, 11) is 0. The molecular formula is C15H10ClF3O2. The summed E-state index contributed by atoms with van der Waals surface area (Å²) in [6.45, 7) is 1.18. The number of phenolic OH excluding ortho intramolecular Hbond substituents is 1. The molecule has 21 heavy (non-hydrogen) atoms. The van der Waals surface area contributed by atoms with Gasteiger partial charge in [-0.05, 0) is 42.3 Å². The Labute approximate surface area is 123 Å². The Kier molecular flexibility index (Phi) is 3.96. The van der Waals surface area contributed by atoms with Crippen LogP contribution in [-0.2, 0) is 6.18 Å². The highest BCUT2D eigenvalue weighted by Crippen LogP contribution is 2.38. The van der Waals surface area contributed by atoms with E-state index >= 15 is 0 Å². The molecule has 1 N–H and O–H groups in total. The van der Waals surface area contributed by atoms with Crippen molar-refractivity contribution >= 4 is 17.4 Å². The number of alkyl halides is 3. The first kappa shape index (κ1) is 15.4. The van der Waals surface area contributed by atoms with Gasteiger partial charge in [0.1, 0.15) is 5.75 Å². The SMILES string of the molecule is CC(=O)c1c(O)cc(C(F)(F)F)cc1-c1ccc(Cl)cc1. The summed E-state index contributed by atoms with van der Waals surface area (Å²) in [5.74, 6) is -1.21. The number of halogens is 4. The number of benzene rings is 2. The van der Waals surface area contributed by atoms with Gasteiger partial charge in [0.25, 0.3) is 0 Å². The van der Waals surface area contributed by atoms with Gasteiger partial charge < -0.3 is 5.11 Å². The number of ketones is 1. The van der Waals surface area contributed by atoms with Crippen LogP contribution in [0.1, 0.15) is 22.8 Å². The van der Waals surface area contributed by atoms with Crippen molar-refractivity contribution in [2.75, 3.05) is 0 Å². The molecule has 0 amide bonds. The molecule has 0 aliphatic rings. The first-order chi connectivity index (χ1) is 9.70. The number of phenols is 1. The molecule has 0 aromatic heterocycles. The van der Waals surface area contributed by atoms with Gasteiger partial charge in [-0.25, -0.2) is 0 Å². The van der Waals surface area contributed by atoms with Crippen molar-refractivity contribution < 1.29 is 23.1 Å². The Hall–Kier alpha value is -2.01. The van der Waals surface area contributed by atoms with E-state index in [1.54, 1.807) is 0 Å². The minimum absolute atomic E-state index is 0.0199. The molecule has 0 bridgehead atoms. The fraction of sp³-hybridized carbons (Fsp3) is 0.133. The van der Waals surface area contributed by atoms with Crippen molar-refractivity contribution in [1.82, 2.24) is 0 Å². The molecule has 0 saturated carbocycles. The third-order valence-corrected chi connectivity index (χ3v) is 3.20. The van der Waals surface area contributed by atoms with E-state index in [1.165, 1.54) is 31.2 Å². The zero-order valence-electron chi connectivity index (χ0n) is 10.8. The summed E-state index contributed by atoms with van der Waals surface area (Å²) >= 11 is 5.74. The van der Waals surface area contributed by atoms with Crippen LogP contribution in [0, 0.1) is 0 Å². The van der Waals surface area contributed by atoms with Crippen LogP contribution in [-0.4, -0.2) is 10.9 Å². The third kappa shape index (κ3) is 3.19. The maximum atomic E-state index is 12.8. The van der Waals surface area contributed by atoms with E-state index in [9.17, 15) is 23.1 Å². The van der Waals surface area contributed by atoms with Crippen molar-refractivity contribution in [2.45, 2.75) is 13.1 Å². The van der Waals surface area contributed by atoms with Crippen LogP contribution in [0.2, 0.25) is 5.02 Å². The topological polar surface area (TPSA) is 37.3 Å². The van der Waals surface area contributed by atoms with Gasteiger partial charge >= 0.3 is 6.18 Å². The van der Waals surface area contributed by atoms with Crippen LogP contribution in [0.4, 0.5) is 13.2 Å². The van der Waals surface area contributed by atoms with Crippen LogP contribution >= 0.6 is 11.6 Å². The molecule has 0 heterocycles. The molecule has 2 aromatic rings. The van der Waals surface area contributed by atoms with Crippen LogP contribution in [0.25, 0.3) is 11.1 Å². The molecule has 6 heteroatoms. The number of aromatic hydroxyl groups is 1. The lowest BCUT2D eigenvalue weighted by Gasteiger charge is -2.14. The highest BCUT2D eigenvalue weighted by molar-refractivity contribution is 6.30. The molecule has 2 aromatic carbocycles. The Morgan fingerprint density at radius 2 is 1.71 bits per heavy atom. The van der Waals surface area contributed by atoms with Crippen molar-refractivity contribution in [3.05, 3.63) is 52.5 Å². The zero-order valence-corrected chi connectivity index (χ0v) is 11.6. The summed E-state index contributed by atoms with van der Waals surface area (Å²) < 4.78 is 38.5. The van der Waals surface area contributed by atoms with Gasteiger partial charge in [0, 0.05) is 5.02 Å². The average Bonchev–Trinajstić information content (AvgIpc) is 2.37. The van der Waals surface area contributed by atoms with Crippen molar-refractivity contribution in [1.29, 1.82) is 0 Å². The number of rotatable bonds is 2. The first-order valence-electron chi connectivity index (χ1n) is 5.91. The van der Waals surface area contributed by atoms with Crippen molar-refractivity contribution in [3.8, 4) is 16.9 Å². The number of hydrogen-bond acceptors (Lipinski definition) is 2. The second-order valence-corrected chi connectivity index (χ2v) is 4.92. The van der Waals surface area contributed by atoms with Crippen molar-refractivity contribution in [2.24, 2.45) is 0 Å². The van der Waals surface area contributed by atoms with Gasteiger partial charge in [-0.3, -0.25) is 4.79 Å². The van der Waals surface area contributed by atoms with Gasteiger partial charge in [0.2, 0.25) is 0 Å². The average molecular weight is 315 g/mol. The summed E-state index contributed by atoms with van der Waals surface area (Å²) in [6.07, 6.45) is -4.62. The molecule has 0 saturated heterocycles. The molecule has 0 atom stereocenters. The van der Waals surface area contributed by atoms with E-state index in [2.05, 4.69) is 0 Å². The molecule has 0 aliphatic carbocycles. The fourth-order valence-electron chi connectivity index (χ4n) is 2.02. The summed E-state index contributed by atoms with van der Waals surface area (Å²) in [5, 5.41) is 10.2. The third-order valence-electron chi connectivity index (χ3n) is 2.95.